The van der Waals surface area contributed by atoms with Gasteiger partial charge in [-0.3, -0.25) is 9.52 Å². The Morgan fingerprint density at radius 2 is 1.93 bits per heavy atom. The Morgan fingerprint density at radius 1 is 1.22 bits per heavy atom. The molecule has 2 rings (SSSR count). The lowest BCUT2D eigenvalue weighted by molar-refractivity contribution is -0.126. The first-order chi connectivity index (χ1) is 12.8. The molecule has 0 saturated carbocycles. The summed E-state index contributed by atoms with van der Waals surface area (Å²) in [5.41, 5.74) is 0.747. The molecule has 1 atom stereocenters. The summed E-state index contributed by atoms with van der Waals surface area (Å²) in [5, 5.41) is 3.16. The van der Waals surface area contributed by atoms with E-state index in [1.807, 2.05) is 0 Å². The predicted molar refractivity (Wildman–Crippen MR) is 108 cm³/mol. The Bertz CT molecular complexity index is 898. The molecule has 0 spiro atoms. The van der Waals surface area contributed by atoms with Crippen LogP contribution >= 0.6 is 11.6 Å². The van der Waals surface area contributed by atoms with Crippen LogP contribution in [-0.4, -0.2) is 27.0 Å². The van der Waals surface area contributed by atoms with Gasteiger partial charge in [0.25, 0.3) is 15.9 Å². The number of rotatable bonds is 9. The van der Waals surface area contributed by atoms with Crippen LogP contribution in [-0.2, 0) is 19.6 Å². The molecule has 1 unspecified atom stereocenters. The summed E-state index contributed by atoms with van der Waals surface area (Å²) in [4.78, 5) is 12.2. The van der Waals surface area contributed by atoms with Gasteiger partial charge >= 0.3 is 0 Å². The molecule has 144 valence electrons. The van der Waals surface area contributed by atoms with Gasteiger partial charge in [0.15, 0.2) is 0 Å². The van der Waals surface area contributed by atoms with Gasteiger partial charge in [-0.1, -0.05) is 23.7 Å². The van der Waals surface area contributed by atoms with E-state index in [1.165, 1.54) is 12.1 Å². The minimum absolute atomic E-state index is 0.0236. The highest BCUT2D eigenvalue weighted by molar-refractivity contribution is 7.92. The van der Waals surface area contributed by atoms with Crippen LogP contribution in [0.5, 0.6) is 0 Å². The maximum Gasteiger partial charge on any atom is 0.261 e. The van der Waals surface area contributed by atoms with Crippen molar-refractivity contribution in [3.05, 3.63) is 66.2 Å². The molecule has 0 aromatic heterocycles. The van der Waals surface area contributed by atoms with Crippen molar-refractivity contribution in [2.24, 2.45) is 0 Å². The quantitative estimate of drug-likeness (QED) is 0.484. The monoisotopic (exact) mass is 408 g/mol. The van der Waals surface area contributed by atoms with Crippen LogP contribution in [0.4, 0.5) is 11.4 Å². The molecule has 6 nitrogen and oxygen atoms in total. The van der Waals surface area contributed by atoms with E-state index in [2.05, 4.69) is 16.6 Å². The lowest BCUT2D eigenvalue weighted by Crippen LogP contribution is -2.28. The molecule has 0 aliphatic carbocycles. The largest absolute Gasteiger partial charge is 0.368 e. The van der Waals surface area contributed by atoms with Gasteiger partial charge < -0.3 is 10.1 Å². The van der Waals surface area contributed by atoms with Crippen LogP contribution in [0.2, 0.25) is 5.02 Å². The molecule has 0 fully saturated rings. The van der Waals surface area contributed by atoms with Gasteiger partial charge in [0.2, 0.25) is 0 Å². The third-order valence-electron chi connectivity index (χ3n) is 3.57. The number of sulfonamides is 1. The van der Waals surface area contributed by atoms with Crippen molar-refractivity contribution in [2.45, 2.75) is 24.3 Å². The first-order valence-electron chi connectivity index (χ1n) is 8.23. The highest BCUT2D eigenvalue weighted by atomic mass is 35.5. The van der Waals surface area contributed by atoms with Crippen molar-refractivity contribution < 1.29 is 17.9 Å². The number of anilines is 2. The van der Waals surface area contributed by atoms with Crippen LogP contribution in [0.15, 0.2) is 66.1 Å². The first-order valence-corrected chi connectivity index (χ1v) is 10.1. The molecule has 0 heterocycles. The zero-order chi connectivity index (χ0) is 19.9. The van der Waals surface area contributed by atoms with Crippen molar-refractivity contribution in [3.8, 4) is 0 Å². The van der Waals surface area contributed by atoms with E-state index >= 15 is 0 Å². The number of benzene rings is 2. The van der Waals surface area contributed by atoms with E-state index in [0.717, 1.165) is 0 Å². The van der Waals surface area contributed by atoms with Crippen molar-refractivity contribution in [3.63, 3.8) is 0 Å². The Balaban J connectivity index is 2.08. The zero-order valence-electron chi connectivity index (χ0n) is 14.8. The molecule has 0 bridgehead atoms. The van der Waals surface area contributed by atoms with Gasteiger partial charge in [0.05, 0.1) is 11.5 Å². The number of carbonyl (C=O) groups excluding carboxylic acids is 1. The van der Waals surface area contributed by atoms with E-state index in [4.69, 9.17) is 16.3 Å². The molecular formula is C19H21ClN2O4S. The molecule has 2 N–H and O–H groups in total. The summed E-state index contributed by atoms with van der Waals surface area (Å²) in [6.45, 7) is 5.60. The summed E-state index contributed by atoms with van der Waals surface area (Å²) < 4.78 is 32.9. The Hall–Kier alpha value is -2.35. The molecule has 2 aromatic rings. The molecule has 1 amide bonds. The molecule has 8 heteroatoms. The molecule has 0 radical (unpaired) electrons. The van der Waals surface area contributed by atoms with Crippen LogP contribution in [0.3, 0.4) is 0 Å². The average molecular weight is 409 g/mol. The van der Waals surface area contributed by atoms with Gasteiger partial charge in [-0.15, -0.1) is 6.58 Å². The summed E-state index contributed by atoms with van der Waals surface area (Å²) in [6, 6.07) is 12.3. The number of hydrogen-bond acceptors (Lipinski definition) is 4. The van der Waals surface area contributed by atoms with Crippen molar-refractivity contribution >= 4 is 38.9 Å². The van der Waals surface area contributed by atoms with Gasteiger partial charge in [0.1, 0.15) is 6.10 Å². The highest BCUT2D eigenvalue weighted by Crippen LogP contribution is 2.21. The molecule has 0 saturated heterocycles. The Kier molecular flexibility index (Phi) is 7.41. The topological polar surface area (TPSA) is 84.5 Å². The maximum absolute atomic E-state index is 12.5. The second-order valence-electron chi connectivity index (χ2n) is 5.72. The van der Waals surface area contributed by atoms with E-state index < -0.39 is 16.1 Å². The molecule has 2 aromatic carbocycles. The van der Waals surface area contributed by atoms with Crippen molar-refractivity contribution in [2.75, 3.05) is 16.6 Å². The van der Waals surface area contributed by atoms with E-state index in [-0.39, 0.29) is 10.8 Å². The predicted octanol–water partition coefficient (Wildman–Crippen LogP) is 4.06. The fraction of sp³-hybridized carbons (Fsp3) is 0.211. The van der Waals surface area contributed by atoms with E-state index in [1.54, 1.807) is 49.4 Å². The minimum atomic E-state index is -3.81. The minimum Gasteiger partial charge on any atom is -0.368 e. The van der Waals surface area contributed by atoms with Gasteiger partial charge in [-0.25, -0.2) is 8.42 Å². The first kappa shape index (κ1) is 21.0. The molecule has 27 heavy (non-hydrogen) atoms. The normalized spacial score (nSPS) is 12.2. The summed E-state index contributed by atoms with van der Waals surface area (Å²) in [6.07, 6.45) is 1.67. The third kappa shape index (κ3) is 6.39. The van der Waals surface area contributed by atoms with Crippen LogP contribution in [0, 0.1) is 0 Å². The fourth-order valence-electron chi connectivity index (χ4n) is 2.12. The Labute approximate surface area is 164 Å². The van der Waals surface area contributed by atoms with Crippen molar-refractivity contribution in [1.82, 2.24) is 0 Å². The highest BCUT2D eigenvalue weighted by Gasteiger charge is 2.17. The number of amides is 1. The van der Waals surface area contributed by atoms with Crippen LogP contribution in [0.25, 0.3) is 0 Å². The van der Waals surface area contributed by atoms with Gasteiger partial charge in [-0.2, -0.15) is 0 Å². The SMILES string of the molecule is C=CCCOC(C)C(=O)Nc1cccc(S(=O)(=O)Nc2ccc(Cl)cc2)c1. The summed E-state index contributed by atoms with van der Waals surface area (Å²) >= 11 is 5.80. The van der Waals surface area contributed by atoms with E-state index in [9.17, 15) is 13.2 Å². The zero-order valence-corrected chi connectivity index (χ0v) is 16.4. The third-order valence-corrected chi connectivity index (χ3v) is 5.20. The van der Waals surface area contributed by atoms with Gasteiger partial charge in [-0.05, 0) is 55.8 Å². The number of carbonyl (C=O) groups is 1. The number of ether oxygens (including phenoxy) is 1. The second kappa shape index (κ2) is 9.55. The smallest absolute Gasteiger partial charge is 0.261 e. The number of halogens is 1. The molecular weight excluding hydrogens is 388 g/mol. The second-order valence-corrected chi connectivity index (χ2v) is 7.84. The standard InChI is InChI=1S/C19H21ClN2O4S/c1-3-4-12-26-14(2)19(23)21-17-6-5-7-18(13-17)27(24,25)22-16-10-8-15(20)9-11-16/h3,5-11,13-14,22H,1,4,12H2,2H3,(H,21,23). The summed E-state index contributed by atoms with van der Waals surface area (Å²) in [5.74, 6) is -0.362. The molecule has 0 aliphatic rings. The maximum atomic E-state index is 12.5. The van der Waals surface area contributed by atoms with Crippen LogP contribution < -0.4 is 10.0 Å². The Morgan fingerprint density at radius 3 is 2.59 bits per heavy atom. The van der Waals surface area contributed by atoms with Crippen molar-refractivity contribution in [1.29, 1.82) is 0 Å². The van der Waals surface area contributed by atoms with Gasteiger partial charge in [0, 0.05) is 16.4 Å². The number of nitrogens with one attached hydrogen (secondary N) is 2. The number of hydrogen-bond donors (Lipinski definition) is 2. The molecule has 0 aliphatic heterocycles. The lowest BCUT2D eigenvalue weighted by atomic mass is 10.3. The summed E-state index contributed by atoms with van der Waals surface area (Å²) in [7, 11) is -3.81. The van der Waals surface area contributed by atoms with Crippen LogP contribution in [0.1, 0.15) is 13.3 Å². The van der Waals surface area contributed by atoms with E-state index in [0.29, 0.717) is 29.4 Å². The lowest BCUT2D eigenvalue weighted by Gasteiger charge is -2.14. The fourth-order valence-corrected chi connectivity index (χ4v) is 3.35. The average Bonchev–Trinajstić information content (AvgIpc) is 2.64.